The molecule has 0 aliphatic rings. The van der Waals surface area contributed by atoms with E-state index in [1.165, 1.54) is 18.4 Å². The summed E-state index contributed by atoms with van der Waals surface area (Å²) in [6, 6.07) is 0. The summed E-state index contributed by atoms with van der Waals surface area (Å²) in [6.45, 7) is 16.9. The summed E-state index contributed by atoms with van der Waals surface area (Å²) in [6.07, 6.45) is 10.2. The van der Waals surface area contributed by atoms with Crippen LogP contribution < -0.4 is 0 Å². The van der Waals surface area contributed by atoms with E-state index in [1.807, 2.05) is 6.08 Å². The van der Waals surface area contributed by atoms with E-state index in [0.29, 0.717) is 11.8 Å². The summed E-state index contributed by atoms with van der Waals surface area (Å²) in [7, 11) is 0. The van der Waals surface area contributed by atoms with Crippen LogP contribution in [0.5, 0.6) is 0 Å². The van der Waals surface area contributed by atoms with Gasteiger partial charge in [0.25, 0.3) is 0 Å². The lowest BCUT2D eigenvalue weighted by atomic mass is 9.92. The van der Waals surface area contributed by atoms with Crippen LogP contribution in [0.3, 0.4) is 0 Å². The minimum Gasteiger partial charge on any atom is -0.103 e. The molecule has 0 aromatic heterocycles. The molecule has 0 N–H and O–H groups in total. The maximum atomic E-state index is 4.10. The van der Waals surface area contributed by atoms with Crippen LogP contribution in [0.15, 0.2) is 36.5 Å². The zero-order valence-corrected chi connectivity index (χ0v) is 12.3. The first-order chi connectivity index (χ1) is 7.99. The van der Waals surface area contributed by atoms with E-state index in [4.69, 9.17) is 0 Å². The zero-order valence-electron chi connectivity index (χ0n) is 12.3. The molecule has 0 spiro atoms. The van der Waals surface area contributed by atoms with Gasteiger partial charge in [-0.15, -0.1) is 6.58 Å². The van der Waals surface area contributed by atoms with Crippen molar-refractivity contribution < 1.29 is 0 Å². The van der Waals surface area contributed by atoms with Crippen molar-refractivity contribution in [1.82, 2.24) is 0 Å². The number of rotatable bonds is 9. The van der Waals surface area contributed by atoms with E-state index < -0.39 is 0 Å². The molecule has 0 heterocycles. The van der Waals surface area contributed by atoms with Crippen LogP contribution in [-0.2, 0) is 0 Å². The van der Waals surface area contributed by atoms with Crippen molar-refractivity contribution in [3.63, 3.8) is 0 Å². The fraction of sp³-hybridized carbons (Fsp3) is 0.647. The summed E-state index contributed by atoms with van der Waals surface area (Å²) < 4.78 is 0. The number of allylic oxidation sites excluding steroid dienone is 4. The van der Waals surface area contributed by atoms with Crippen molar-refractivity contribution in [2.45, 2.75) is 59.8 Å². The molecule has 0 aliphatic carbocycles. The van der Waals surface area contributed by atoms with Crippen molar-refractivity contribution in [1.29, 1.82) is 0 Å². The molecule has 0 radical (unpaired) electrons. The zero-order chi connectivity index (χ0) is 13.3. The van der Waals surface area contributed by atoms with Gasteiger partial charge in [0.05, 0.1) is 0 Å². The predicted octanol–water partition coefficient (Wildman–Crippen LogP) is 5.92. The van der Waals surface area contributed by atoms with E-state index in [0.717, 1.165) is 19.3 Å². The van der Waals surface area contributed by atoms with E-state index >= 15 is 0 Å². The molecule has 0 nitrogen and oxygen atoms in total. The Kier molecular flexibility index (Phi) is 8.85. The largest absolute Gasteiger partial charge is 0.103 e. The van der Waals surface area contributed by atoms with Gasteiger partial charge < -0.3 is 0 Å². The highest BCUT2D eigenvalue weighted by Gasteiger charge is 2.06. The standard InChI is InChI=1S/C17H30/c1-7-9-16(6)13-17(12-14(3)4)11-10-15(5)8-2/h7,12,14,16H,1,5,8-11,13H2,2-4,6H3. The summed E-state index contributed by atoms with van der Waals surface area (Å²) in [5.41, 5.74) is 2.97. The molecular formula is C17H30. The van der Waals surface area contributed by atoms with Crippen molar-refractivity contribution in [3.8, 4) is 0 Å². The van der Waals surface area contributed by atoms with Crippen LogP contribution in [0.25, 0.3) is 0 Å². The van der Waals surface area contributed by atoms with Gasteiger partial charge in [0, 0.05) is 0 Å². The first kappa shape index (κ1) is 16.2. The van der Waals surface area contributed by atoms with Crippen molar-refractivity contribution in [3.05, 3.63) is 36.5 Å². The van der Waals surface area contributed by atoms with Gasteiger partial charge in [0.1, 0.15) is 0 Å². The lowest BCUT2D eigenvalue weighted by molar-refractivity contribution is 0.568. The highest BCUT2D eigenvalue weighted by Crippen LogP contribution is 2.23. The molecule has 98 valence electrons. The third-order valence-electron chi connectivity index (χ3n) is 3.05. The number of hydrogen-bond donors (Lipinski definition) is 0. The molecule has 0 bridgehead atoms. The Morgan fingerprint density at radius 1 is 1.18 bits per heavy atom. The molecule has 1 atom stereocenters. The summed E-state index contributed by atoms with van der Waals surface area (Å²) in [4.78, 5) is 0. The van der Waals surface area contributed by atoms with Gasteiger partial charge >= 0.3 is 0 Å². The molecule has 17 heavy (non-hydrogen) atoms. The second-order valence-corrected chi connectivity index (χ2v) is 5.51. The fourth-order valence-corrected chi connectivity index (χ4v) is 2.05. The van der Waals surface area contributed by atoms with Gasteiger partial charge in [-0.3, -0.25) is 0 Å². The van der Waals surface area contributed by atoms with Gasteiger partial charge in [-0.25, -0.2) is 0 Å². The lowest BCUT2D eigenvalue weighted by Gasteiger charge is -2.14. The highest BCUT2D eigenvalue weighted by atomic mass is 14.1. The second-order valence-electron chi connectivity index (χ2n) is 5.51. The Hall–Kier alpha value is -0.780. The van der Waals surface area contributed by atoms with Gasteiger partial charge in [-0.05, 0) is 43.9 Å². The topological polar surface area (TPSA) is 0 Å². The Balaban J connectivity index is 4.34. The third kappa shape index (κ3) is 8.97. The van der Waals surface area contributed by atoms with E-state index in [1.54, 1.807) is 5.57 Å². The van der Waals surface area contributed by atoms with E-state index in [-0.39, 0.29) is 0 Å². The summed E-state index contributed by atoms with van der Waals surface area (Å²) in [5.74, 6) is 1.36. The Labute approximate surface area is 109 Å². The molecule has 0 aromatic rings. The Morgan fingerprint density at radius 2 is 1.82 bits per heavy atom. The molecule has 0 saturated carbocycles. The molecular weight excluding hydrogens is 204 g/mol. The summed E-state index contributed by atoms with van der Waals surface area (Å²) in [5, 5.41) is 0. The van der Waals surface area contributed by atoms with Gasteiger partial charge in [-0.2, -0.15) is 0 Å². The summed E-state index contributed by atoms with van der Waals surface area (Å²) >= 11 is 0. The second kappa shape index (κ2) is 9.27. The van der Waals surface area contributed by atoms with Crippen LogP contribution in [0.2, 0.25) is 0 Å². The predicted molar refractivity (Wildman–Crippen MR) is 80.2 cm³/mol. The maximum absolute atomic E-state index is 4.10. The highest BCUT2D eigenvalue weighted by molar-refractivity contribution is 5.08. The molecule has 0 aliphatic heterocycles. The number of hydrogen-bond acceptors (Lipinski definition) is 0. The molecule has 0 saturated heterocycles. The minimum atomic E-state index is 0.649. The molecule has 0 aromatic carbocycles. The fourth-order valence-electron chi connectivity index (χ4n) is 2.05. The van der Waals surface area contributed by atoms with Crippen LogP contribution in [0.1, 0.15) is 59.8 Å². The van der Waals surface area contributed by atoms with E-state index in [2.05, 4.69) is 46.9 Å². The van der Waals surface area contributed by atoms with Gasteiger partial charge in [-0.1, -0.05) is 57.6 Å². The van der Waals surface area contributed by atoms with Crippen LogP contribution in [0, 0.1) is 11.8 Å². The third-order valence-corrected chi connectivity index (χ3v) is 3.05. The van der Waals surface area contributed by atoms with Crippen LogP contribution in [0.4, 0.5) is 0 Å². The molecule has 0 heteroatoms. The van der Waals surface area contributed by atoms with Gasteiger partial charge in [0.15, 0.2) is 0 Å². The average molecular weight is 234 g/mol. The first-order valence-corrected chi connectivity index (χ1v) is 6.96. The molecule has 0 rings (SSSR count). The maximum Gasteiger partial charge on any atom is -0.0283 e. The lowest BCUT2D eigenvalue weighted by Crippen LogP contribution is -1.98. The van der Waals surface area contributed by atoms with Crippen molar-refractivity contribution in [2.75, 3.05) is 0 Å². The Morgan fingerprint density at radius 3 is 2.29 bits per heavy atom. The van der Waals surface area contributed by atoms with Crippen LogP contribution >= 0.6 is 0 Å². The minimum absolute atomic E-state index is 0.649. The van der Waals surface area contributed by atoms with Crippen LogP contribution in [-0.4, -0.2) is 0 Å². The SMILES string of the molecule is C=CCC(C)CC(=CC(C)C)CCC(=C)CC. The smallest absolute Gasteiger partial charge is 0.0283 e. The molecule has 0 amide bonds. The monoisotopic (exact) mass is 234 g/mol. The first-order valence-electron chi connectivity index (χ1n) is 6.96. The van der Waals surface area contributed by atoms with Gasteiger partial charge in [0.2, 0.25) is 0 Å². The van der Waals surface area contributed by atoms with Crippen molar-refractivity contribution in [2.24, 2.45) is 11.8 Å². The Bertz CT molecular complexity index is 255. The molecule has 1 unspecified atom stereocenters. The van der Waals surface area contributed by atoms with Crippen molar-refractivity contribution >= 4 is 0 Å². The average Bonchev–Trinajstić information content (AvgIpc) is 2.24. The normalized spacial score (nSPS) is 13.8. The molecule has 0 fully saturated rings. The van der Waals surface area contributed by atoms with E-state index in [9.17, 15) is 0 Å². The quantitative estimate of drug-likeness (QED) is 0.434.